The summed E-state index contributed by atoms with van der Waals surface area (Å²) in [5.41, 5.74) is 2.68. The summed E-state index contributed by atoms with van der Waals surface area (Å²) in [6.07, 6.45) is 2.91. The number of carbonyl (C=O) groups excluding carboxylic acids is 3. The van der Waals surface area contributed by atoms with Gasteiger partial charge in [0.1, 0.15) is 12.2 Å². The third-order valence-corrected chi connectivity index (χ3v) is 6.66. The second kappa shape index (κ2) is 10.2. The molecule has 0 saturated carbocycles. The number of hydrogen-bond donors (Lipinski definition) is 1. The van der Waals surface area contributed by atoms with Crippen LogP contribution in [-0.2, 0) is 22.7 Å². The molecule has 4 amide bonds. The monoisotopic (exact) mass is 484 g/mol. The number of amides is 4. The molecule has 2 saturated heterocycles. The summed E-state index contributed by atoms with van der Waals surface area (Å²) in [5.74, 6) is -0.325. The highest BCUT2D eigenvalue weighted by molar-refractivity contribution is 5.92. The van der Waals surface area contributed by atoms with Crippen LogP contribution in [0.5, 0.6) is 0 Å². The van der Waals surface area contributed by atoms with E-state index in [1.54, 1.807) is 34.3 Å². The molecule has 0 spiro atoms. The number of aromatic nitrogens is 1. The number of hydrazine groups is 1. The third-order valence-electron chi connectivity index (χ3n) is 6.66. The Balaban J connectivity index is 1.40. The molecule has 2 atom stereocenters. The molecule has 3 aromatic rings. The summed E-state index contributed by atoms with van der Waals surface area (Å²) in [6, 6.07) is 21.6. The maximum atomic E-state index is 13.7. The van der Waals surface area contributed by atoms with Crippen LogP contribution < -0.4 is 5.32 Å². The van der Waals surface area contributed by atoms with Crippen molar-refractivity contribution in [3.63, 3.8) is 0 Å². The van der Waals surface area contributed by atoms with Crippen LogP contribution in [0.1, 0.15) is 22.7 Å². The van der Waals surface area contributed by atoms with Gasteiger partial charge in [-0.15, -0.1) is 0 Å². The Kier molecular flexibility index (Phi) is 6.64. The smallest absolute Gasteiger partial charge is 0.332 e. The zero-order valence-corrected chi connectivity index (χ0v) is 20.0. The van der Waals surface area contributed by atoms with Gasteiger partial charge in [0.05, 0.1) is 13.1 Å². The fraction of sp³-hybridized carbons (Fsp3) is 0.259. The first kappa shape index (κ1) is 23.5. The van der Waals surface area contributed by atoms with E-state index in [1.165, 1.54) is 5.01 Å². The molecule has 2 fully saturated rings. The van der Waals surface area contributed by atoms with Crippen LogP contribution in [0.25, 0.3) is 0 Å². The highest BCUT2D eigenvalue weighted by atomic mass is 16.2. The van der Waals surface area contributed by atoms with Crippen LogP contribution in [0.3, 0.4) is 0 Å². The predicted molar refractivity (Wildman–Crippen MR) is 133 cm³/mol. The number of pyridine rings is 1. The van der Waals surface area contributed by atoms with Crippen molar-refractivity contribution in [2.24, 2.45) is 0 Å². The fourth-order valence-electron chi connectivity index (χ4n) is 4.81. The number of rotatable bonds is 6. The summed E-state index contributed by atoms with van der Waals surface area (Å²) < 4.78 is 0. The van der Waals surface area contributed by atoms with E-state index in [-0.39, 0.29) is 30.9 Å². The van der Waals surface area contributed by atoms with Crippen LogP contribution in [0.4, 0.5) is 4.79 Å². The zero-order valence-electron chi connectivity index (χ0n) is 20.0. The first-order valence-corrected chi connectivity index (χ1v) is 11.9. The van der Waals surface area contributed by atoms with E-state index in [2.05, 4.69) is 10.3 Å². The van der Waals surface area contributed by atoms with Gasteiger partial charge in [-0.25, -0.2) is 4.79 Å². The molecule has 0 radical (unpaired) electrons. The van der Waals surface area contributed by atoms with E-state index in [9.17, 15) is 14.4 Å². The molecule has 0 aliphatic carbocycles. The Morgan fingerprint density at radius 3 is 2.33 bits per heavy atom. The molecule has 36 heavy (non-hydrogen) atoms. The molecule has 9 heteroatoms. The molecular formula is C27H28N6O3. The molecule has 2 aliphatic heterocycles. The molecule has 1 aromatic heterocycles. The van der Waals surface area contributed by atoms with Gasteiger partial charge in [-0.2, -0.15) is 5.01 Å². The summed E-state index contributed by atoms with van der Waals surface area (Å²) >= 11 is 0. The first-order chi connectivity index (χ1) is 17.5. The van der Waals surface area contributed by atoms with Gasteiger partial charge in [-0.05, 0) is 28.8 Å². The SMILES string of the molecule is CN(C(=O)NCc1ccccc1)N1CC(=O)N2[C@@H](c3ccccc3)C(=O)N(Cc3ccncc3)C[C@@H]21. The quantitative estimate of drug-likeness (QED) is 0.581. The lowest BCUT2D eigenvalue weighted by Crippen LogP contribution is -2.62. The second-order valence-corrected chi connectivity index (χ2v) is 8.93. The minimum absolute atomic E-state index is 0.0135. The lowest BCUT2D eigenvalue weighted by molar-refractivity contribution is -0.157. The molecule has 0 bridgehead atoms. The van der Waals surface area contributed by atoms with Crippen molar-refractivity contribution in [3.05, 3.63) is 102 Å². The highest BCUT2D eigenvalue weighted by Crippen LogP contribution is 2.36. The van der Waals surface area contributed by atoms with Gasteiger partial charge in [0.15, 0.2) is 0 Å². The van der Waals surface area contributed by atoms with E-state index >= 15 is 0 Å². The minimum Gasteiger partial charge on any atom is -0.333 e. The molecule has 2 aromatic carbocycles. The van der Waals surface area contributed by atoms with E-state index in [4.69, 9.17) is 0 Å². The van der Waals surface area contributed by atoms with Crippen molar-refractivity contribution in [1.82, 2.24) is 30.1 Å². The molecule has 9 nitrogen and oxygen atoms in total. The number of piperazine rings is 1. The molecule has 184 valence electrons. The molecule has 2 aliphatic rings. The second-order valence-electron chi connectivity index (χ2n) is 8.93. The van der Waals surface area contributed by atoms with Gasteiger partial charge in [-0.3, -0.25) is 19.6 Å². The number of benzene rings is 2. The Labute approximate surface area is 209 Å². The number of hydrogen-bond acceptors (Lipinski definition) is 5. The fourth-order valence-corrected chi connectivity index (χ4v) is 4.81. The van der Waals surface area contributed by atoms with Crippen LogP contribution in [0.15, 0.2) is 85.2 Å². The van der Waals surface area contributed by atoms with Crippen LogP contribution in [0.2, 0.25) is 0 Å². The minimum atomic E-state index is -0.759. The average molecular weight is 485 g/mol. The molecule has 3 heterocycles. The summed E-state index contributed by atoms with van der Waals surface area (Å²) in [7, 11) is 1.65. The van der Waals surface area contributed by atoms with E-state index in [0.29, 0.717) is 13.1 Å². The lowest BCUT2D eigenvalue weighted by atomic mass is 10.00. The van der Waals surface area contributed by atoms with Gasteiger partial charge < -0.3 is 15.1 Å². The van der Waals surface area contributed by atoms with E-state index < -0.39 is 12.2 Å². The maximum Gasteiger partial charge on any atom is 0.332 e. The molecule has 0 unspecified atom stereocenters. The summed E-state index contributed by atoms with van der Waals surface area (Å²) in [4.78, 5) is 47.4. The van der Waals surface area contributed by atoms with Gasteiger partial charge in [0, 0.05) is 32.5 Å². The number of carbonyl (C=O) groups is 3. The topological polar surface area (TPSA) is 89.1 Å². The van der Waals surface area contributed by atoms with Crippen LogP contribution in [0, 0.1) is 0 Å². The normalized spacial score (nSPS) is 19.8. The third kappa shape index (κ3) is 4.65. The molecular weight excluding hydrogens is 456 g/mol. The van der Waals surface area contributed by atoms with Crippen molar-refractivity contribution in [2.45, 2.75) is 25.3 Å². The summed E-state index contributed by atoms with van der Waals surface area (Å²) in [5, 5.41) is 6.11. The maximum absolute atomic E-state index is 13.7. The number of nitrogens with one attached hydrogen (secondary N) is 1. The van der Waals surface area contributed by atoms with Crippen molar-refractivity contribution >= 4 is 17.8 Å². The molecule has 1 N–H and O–H groups in total. The Morgan fingerprint density at radius 1 is 0.972 bits per heavy atom. The number of nitrogens with zero attached hydrogens (tertiary/aromatic N) is 5. The van der Waals surface area contributed by atoms with E-state index in [0.717, 1.165) is 16.7 Å². The average Bonchev–Trinajstić information content (AvgIpc) is 3.24. The van der Waals surface area contributed by atoms with E-state index in [1.807, 2.05) is 72.8 Å². The van der Waals surface area contributed by atoms with Crippen molar-refractivity contribution in [3.8, 4) is 0 Å². The van der Waals surface area contributed by atoms with Crippen molar-refractivity contribution in [1.29, 1.82) is 0 Å². The summed E-state index contributed by atoms with van der Waals surface area (Å²) in [6.45, 7) is 1.06. The highest BCUT2D eigenvalue weighted by Gasteiger charge is 2.52. The number of fused-ring (bicyclic) bond motifs is 1. The zero-order chi connectivity index (χ0) is 25.1. The Hall–Kier alpha value is -4.24. The van der Waals surface area contributed by atoms with Gasteiger partial charge >= 0.3 is 6.03 Å². The van der Waals surface area contributed by atoms with Gasteiger partial charge in [0.2, 0.25) is 5.91 Å². The Bertz CT molecular complexity index is 1220. The standard InChI is InChI=1S/C27H28N6O3/c1-30(27(36)29-16-20-8-4-2-5-9-20)32-19-24(34)33-23(32)18-31(17-21-12-14-28-15-13-21)26(35)25(33)22-10-6-3-7-11-22/h2-15,23,25H,16-19H2,1H3,(H,29,36)/t23-,25+/m1/s1. The molecule has 5 rings (SSSR count). The Morgan fingerprint density at radius 2 is 1.64 bits per heavy atom. The van der Waals surface area contributed by atoms with Crippen molar-refractivity contribution < 1.29 is 14.4 Å². The van der Waals surface area contributed by atoms with Gasteiger partial charge in [-0.1, -0.05) is 60.7 Å². The predicted octanol–water partition coefficient (Wildman–Crippen LogP) is 2.39. The number of urea groups is 1. The van der Waals surface area contributed by atoms with Crippen LogP contribution in [-0.4, -0.2) is 69.0 Å². The first-order valence-electron chi connectivity index (χ1n) is 11.9. The van der Waals surface area contributed by atoms with Crippen LogP contribution >= 0.6 is 0 Å². The van der Waals surface area contributed by atoms with Crippen molar-refractivity contribution in [2.75, 3.05) is 20.1 Å². The lowest BCUT2D eigenvalue weighted by Gasteiger charge is -2.45. The largest absolute Gasteiger partial charge is 0.333 e. The van der Waals surface area contributed by atoms with Gasteiger partial charge in [0.25, 0.3) is 5.91 Å².